The van der Waals surface area contributed by atoms with Crippen molar-refractivity contribution < 1.29 is 0 Å². The minimum absolute atomic E-state index is 0.446. The van der Waals surface area contributed by atoms with Gasteiger partial charge < -0.3 is 19.4 Å². The number of rotatable bonds is 7. The van der Waals surface area contributed by atoms with Gasteiger partial charge in [0.05, 0.1) is 22.2 Å². The number of aromatic nitrogens is 4. The second kappa shape index (κ2) is 10.1. The lowest BCUT2D eigenvalue weighted by atomic mass is 10.1. The molecule has 0 unspecified atom stereocenters. The Hall–Kier alpha value is -4.17. The molecular formula is C32H34N6O2. The number of para-hydroxylation sites is 1. The van der Waals surface area contributed by atoms with Crippen molar-refractivity contribution in [2.24, 2.45) is 5.92 Å². The Balaban J connectivity index is 1.08. The number of nitrogens with one attached hydrogen (secondary N) is 2. The molecule has 5 aromatic rings. The first-order valence-corrected chi connectivity index (χ1v) is 14.4. The molecule has 0 radical (unpaired) electrons. The number of aromatic amines is 2. The molecule has 204 valence electrons. The van der Waals surface area contributed by atoms with Crippen LogP contribution in [0.15, 0.2) is 70.3 Å². The maximum Gasteiger partial charge on any atom is 0.316 e. The normalized spacial score (nSPS) is 16.3. The van der Waals surface area contributed by atoms with E-state index in [1.54, 1.807) is 4.57 Å². The first kappa shape index (κ1) is 24.8. The van der Waals surface area contributed by atoms with Crippen LogP contribution in [0.4, 0.5) is 5.69 Å². The number of piperazine rings is 1. The van der Waals surface area contributed by atoms with Crippen LogP contribution in [0.1, 0.15) is 30.9 Å². The van der Waals surface area contributed by atoms with Crippen molar-refractivity contribution in [1.82, 2.24) is 24.4 Å². The Morgan fingerprint density at radius 2 is 1.65 bits per heavy atom. The Bertz CT molecular complexity index is 1800. The van der Waals surface area contributed by atoms with Crippen molar-refractivity contribution in [3.8, 4) is 11.4 Å². The number of anilines is 1. The average Bonchev–Trinajstić information content (AvgIpc) is 3.70. The lowest BCUT2D eigenvalue weighted by molar-refractivity contribution is 0.250. The second-order valence-corrected chi connectivity index (χ2v) is 11.2. The van der Waals surface area contributed by atoms with Gasteiger partial charge in [0.15, 0.2) is 0 Å². The molecule has 2 aliphatic rings. The number of H-pyrrole nitrogens is 2. The van der Waals surface area contributed by atoms with Crippen LogP contribution in [0.5, 0.6) is 0 Å². The van der Waals surface area contributed by atoms with E-state index in [2.05, 4.69) is 81.3 Å². The van der Waals surface area contributed by atoms with E-state index in [1.165, 1.54) is 11.3 Å². The van der Waals surface area contributed by atoms with Crippen molar-refractivity contribution in [3.05, 3.63) is 92.5 Å². The highest BCUT2D eigenvalue weighted by atomic mass is 16.2. The van der Waals surface area contributed by atoms with Crippen molar-refractivity contribution in [1.29, 1.82) is 0 Å². The molecule has 1 aliphatic heterocycles. The van der Waals surface area contributed by atoms with Gasteiger partial charge in [-0.1, -0.05) is 43.3 Å². The predicted octanol–water partition coefficient (Wildman–Crippen LogP) is 4.53. The smallest absolute Gasteiger partial charge is 0.316 e. The summed E-state index contributed by atoms with van der Waals surface area (Å²) in [4.78, 5) is 41.0. The number of benzene rings is 3. The SMILES string of the molecule is CCc1ccc(-c2nc3c(N4CCN(Cc5ccc6[nH]c(=O)c(=O)n(CC7CC7)c6c5)CC4)cccc3[nH]2)cc1. The molecule has 2 aromatic heterocycles. The fourth-order valence-electron chi connectivity index (χ4n) is 5.86. The highest BCUT2D eigenvalue weighted by Gasteiger charge is 2.24. The zero-order valence-electron chi connectivity index (χ0n) is 22.8. The zero-order chi connectivity index (χ0) is 27.2. The van der Waals surface area contributed by atoms with Gasteiger partial charge in [-0.3, -0.25) is 14.5 Å². The molecule has 0 amide bonds. The number of aryl methyl sites for hydroxylation is 1. The third-order valence-corrected chi connectivity index (χ3v) is 8.42. The quantitative estimate of drug-likeness (QED) is 0.300. The Morgan fingerprint density at radius 3 is 2.40 bits per heavy atom. The highest BCUT2D eigenvalue weighted by Crippen LogP contribution is 2.31. The fraction of sp³-hybridized carbons (Fsp3) is 0.344. The van der Waals surface area contributed by atoms with Crippen molar-refractivity contribution >= 4 is 27.8 Å². The van der Waals surface area contributed by atoms with E-state index in [-0.39, 0.29) is 0 Å². The lowest BCUT2D eigenvalue weighted by Gasteiger charge is -2.36. The highest BCUT2D eigenvalue weighted by molar-refractivity contribution is 5.91. The molecule has 1 saturated carbocycles. The summed E-state index contributed by atoms with van der Waals surface area (Å²) < 4.78 is 1.68. The van der Waals surface area contributed by atoms with E-state index in [0.29, 0.717) is 12.5 Å². The maximum atomic E-state index is 12.6. The standard InChI is InChI=1S/C32H34N6O2/c1-2-21-8-11-24(12-9-21)30-33-26-4-3-5-27(29(26)35-30)37-16-14-36(15-17-37)19-23-10-13-25-28(18-23)38(20-22-6-7-22)32(40)31(39)34-25/h3-5,8-13,18,22H,2,6-7,14-17,19-20H2,1H3,(H,33,35)(H,34,39). The fourth-order valence-corrected chi connectivity index (χ4v) is 5.86. The van der Waals surface area contributed by atoms with E-state index in [4.69, 9.17) is 4.98 Å². The van der Waals surface area contributed by atoms with Crippen molar-refractivity contribution in [2.45, 2.75) is 39.3 Å². The summed E-state index contributed by atoms with van der Waals surface area (Å²) in [6.45, 7) is 7.31. The van der Waals surface area contributed by atoms with Gasteiger partial charge in [-0.15, -0.1) is 0 Å². The molecule has 0 atom stereocenters. The molecule has 3 heterocycles. The number of hydrogen-bond donors (Lipinski definition) is 2. The topological polar surface area (TPSA) is 90.0 Å². The van der Waals surface area contributed by atoms with Gasteiger partial charge in [0.2, 0.25) is 0 Å². The number of nitrogens with zero attached hydrogens (tertiary/aromatic N) is 4. The predicted molar refractivity (Wildman–Crippen MR) is 160 cm³/mol. The third kappa shape index (κ3) is 4.73. The Kier molecular flexibility index (Phi) is 6.27. The molecule has 0 spiro atoms. The minimum atomic E-state index is -0.537. The first-order chi connectivity index (χ1) is 19.6. The number of imidazole rings is 1. The summed E-state index contributed by atoms with van der Waals surface area (Å²) in [6, 6.07) is 21.1. The van der Waals surface area contributed by atoms with Crippen LogP contribution in [-0.4, -0.2) is 50.6 Å². The van der Waals surface area contributed by atoms with Crippen molar-refractivity contribution in [3.63, 3.8) is 0 Å². The molecule has 3 aromatic carbocycles. The van der Waals surface area contributed by atoms with E-state index in [9.17, 15) is 9.59 Å². The summed E-state index contributed by atoms with van der Waals surface area (Å²) >= 11 is 0. The second-order valence-electron chi connectivity index (χ2n) is 11.2. The molecule has 7 rings (SSSR count). The Morgan fingerprint density at radius 1 is 0.875 bits per heavy atom. The van der Waals surface area contributed by atoms with Gasteiger partial charge in [0.25, 0.3) is 0 Å². The van der Waals surface area contributed by atoms with E-state index in [0.717, 1.165) is 91.0 Å². The third-order valence-electron chi connectivity index (χ3n) is 8.42. The molecule has 40 heavy (non-hydrogen) atoms. The van der Waals surface area contributed by atoms with E-state index >= 15 is 0 Å². The summed E-state index contributed by atoms with van der Waals surface area (Å²) in [5, 5.41) is 0. The van der Waals surface area contributed by atoms with Gasteiger partial charge in [-0.05, 0) is 60.6 Å². The van der Waals surface area contributed by atoms with Crippen molar-refractivity contribution in [2.75, 3.05) is 31.1 Å². The lowest BCUT2D eigenvalue weighted by Crippen LogP contribution is -2.46. The molecule has 8 heteroatoms. The number of fused-ring (bicyclic) bond motifs is 2. The molecule has 8 nitrogen and oxygen atoms in total. The Labute approximate surface area is 232 Å². The van der Waals surface area contributed by atoms with Crippen LogP contribution < -0.4 is 16.0 Å². The molecule has 2 N–H and O–H groups in total. The average molecular weight is 535 g/mol. The van der Waals surface area contributed by atoms with Crippen LogP contribution in [0.3, 0.4) is 0 Å². The molecule has 2 fully saturated rings. The van der Waals surface area contributed by atoms with Crippen LogP contribution >= 0.6 is 0 Å². The monoisotopic (exact) mass is 534 g/mol. The van der Waals surface area contributed by atoms with Crippen LogP contribution in [0.25, 0.3) is 33.5 Å². The summed E-state index contributed by atoms with van der Waals surface area (Å²) in [6.07, 6.45) is 3.29. The molecular weight excluding hydrogens is 500 g/mol. The van der Waals surface area contributed by atoms with E-state index in [1.807, 2.05) is 6.07 Å². The van der Waals surface area contributed by atoms with Gasteiger partial charge >= 0.3 is 11.1 Å². The zero-order valence-corrected chi connectivity index (χ0v) is 22.8. The number of hydrogen-bond acceptors (Lipinski definition) is 5. The van der Waals surface area contributed by atoms with Gasteiger partial charge in [-0.2, -0.15) is 0 Å². The largest absolute Gasteiger partial charge is 0.367 e. The summed E-state index contributed by atoms with van der Waals surface area (Å²) in [5.41, 5.74) is 7.40. The maximum absolute atomic E-state index is 12.6. The van der Waals surface area contributed by atoms with Crippen LogP contribution in [0.2, 0.25) is 0 Å². The van der Waals surface area contributed by atoms with Crippen LogP contribution in [-0.2, 0) is 19.5 Å². The molecule has 1 aliphatic carbocycles. The van der Waals surface area contributed by atoms with Crippen LogP contribution in [0, 0.1) is 5.92 Å². The van der Waals surface area contributed by atoms with Gasteiger partial charge in [-0.25, -0.2) is 4.98 Å². The summed E-state index contributed by atoms with van der Waals surface area (Å²) in [5.74, 6) is 1.41. The van der Waals surface area contributed by atoms with Gasteiger partial charge in [0, 0.05) is 44.8 Å². The summed E-state index contributed by atoms with van der Waals surface area (Å²) in [7, 11) is 0. The minimum Gasteiger partial charge on any atom is -0.367 e. The molecule has 1 saturated heterocycles. The molecule has 0 bridgehead atoms. The first-order valence-electron chi connectivity index (χ1n) is 14.4. The van der Waals surface area contributed by atoms with E-state index < -0.39 is 11.1 Å². The van der Waals surface area contributed by atoms with Gasteiger partial charge in [0.1, 0.15) is 11.3 Å².